The lowest BCUT2D eigenvalue weighted by Gasteiger charge is -2.13. The van der Waals surface area contributed by atoms with Crippen LogP contribution < -0.4 is 0 Å². The molecule has 0 aliphatic heterocycles. The standard InChI is InChI=1S/C34H22/c1-2-10-27-21-34-32(22-28-11-4-6-14-31(28)33(34)20-26(27)9-1)25-18-16-24(17-19-25)30-15-7-12-23-8-3-5-13-29(23)30/h1-22H. The molecule has 0 amide bonds. The maximum Gasteiger partial charge on any atom is -0.00926 e. The van der Waals surface area contributed by atoms with Gasteiger partial charge in [0.1, 0.15) is 0 Å². The highest BCUT2D eigenvalue weighted by atomic mass is 14.1. The van der Waals surface area contributed by atoms with Gasteiger partial charge in [-0.3, -0.25) is 0 Å². The maximum atomic E-state index is 2.35. The van der Waals surface area contributed by atoms with E-state index in [0.717, 1.165) is 0 Å². The van der Waals surface area contributed by atoms with Crippen LogP contribution in [0.5, 0.6) is 0 Å². The Morgan fingerprint density at radius 2 is 0.794 bits per heavy atom. The molecule has 0 bridgehead atoms. The van der Waals surface area contributed by atoms with E-state index < -0.39 is 0 Å². The molecule has 0 saturated carbocycles. The fraction of sp³-hybridized carbons (Fsp3) is 0. The second-order valence-electron chi connectivity index (χ2n) is 8.99. The Balaban J connectivity index is 1.45. The lowest BCUT2D eigenvalue weighted by Crippen LogP contribution is -1.87. The summed E-state index contributed by atoms with van der Waals surface area (Å²) < 4.78 is 0. The van der Waals surface area contributed by atoms with Gasteiger partial charge in [0.05, 0.1) is 0 Å². The number of hydrogen-bond donors (Lipinski definition) is 0. The summed E-state index contributed by atoms with van der Waals surface area (Å²) in [6, 6.07) is 48.6. The van der Waals surface area contributed by atoms with Crippen LogP contribution in [-0.4, -0.2) is 0 Å². The van der Waals surface area contributed by atoms with Crippen molar-refractivity contribution in [3.05, 3.63) is 133 Å². The molecule has 0 heterocycles. The SMILES string of the molecule is c1ccc2cc3c(cc2c1)c(-c1ccc(-c2cccc4ccccc24)cc1)cc1ccccc13. The van der Waals surface area contributed by atoms with E-state index in [1.165, 1.54) is 65.3 Å². The molecule has 0 N–H and O–H groups in total. The first-order valence-electron chi connectivity index (χ1n) is 11.8. The second kappa shape index (κ2) is 7.57. The number of hydrogen-bond acceptors (Lipinski definition) is 0. The normalized spacial score (nSPS) is 11.5. The van der Waals surface area contributed by atoms with Crippen LogP contribution in [0.4, 0.5) is 0 Å². The lowest BCUT2D eigenvalue weighted by molar-refractivity contribution is 1.63. The summed E-state index contributed by atoms with van der Waals surface area (Å²) in [5, 5.41) is 10.3. The first-order chi connectivity index (χ1) is 16.8. The molecule has 0 unspecified atom stereocenters. The van der Waals surface area contributed by atoms with Gasteiger partial charge in [-0.2, -0.15) is 0 Å². The van der Waals surface area contributed by atoms with Gasteiger partial charge in [-0.05, 0) is 83.5 Å². The highest BCUT2D eigenvalue weighted by Crippen LogP contribution is 2.38. The van der Waals surface area contributed by atoms with Gasteiger partial charge >= 0.3 is 0 Å². The van der Waals surface area contributed by atoms with Gasteiger partial charge in [0.15, 0.2) is 0 Å². The van der Waals surface area contributed by atoms with Gasteiger partial charge in [-0.25, -0.2) is 0 Å². The molecule has 7 rings (SSSR count). The topological polar surface area (TPSA) is 0 Å². The van der Waals surface area contributed by atoms with Crippen molar-refractivity contribution in [3.8, 4) is 22.3 Å². The van der Waals surface area contributed by atoms with Crippen LogP contribution in [-0.2, 0) is 0 Å². The molecular formula is C34H22. The van der Waals surface area contributed by atoms with Gasteiger partial charge in [-0.15, -0.1) is 0 Å². The summed E-state index contributed by atoms with van der Waals surface area (Å²) in [5.74, 6) is 0. The van der Waals surface area contributed by atoms with Gasteiger partial charge < -0.3 is 0 Å². The zero-order valence-electron chi connectivity index (χ0n) is 18.7. The molecule has 0 radical (unpaired) electrons. The number of fused-ring (bicyclic) bond motifs is 5. The van der Waals surface area contributed by atoms with Crippen molar-refractivity contribution < 1.29 is 0 Å². The van der Waals surface area contributed by atoms with Crippen molar-refractivity contribution >= 4 is 43.1 Å². The summed E-state index contributed by atoms with van der Waals surface area (Å²) in [4.78, 5) is 0. The number of rotatable bonds is 2. The second-order valence-corrected chi connectivity index (χ2v) is 8.99. The molecule has 7 aromatic rings. The van der Waals surface area contributed by atoms with Gasteiger partial charge in [0.2, 0.25) is 0 Å². The summed E-state index contributed by atoms with van der Waals surface area (Å²) >= 11 is 0. The molecule has 7 aromatic carbocycles. The van der Waals surface area contributed by atoms with Crippen LogP contribution in [0.15, 0.2) is 133 Å². The van der Waals surface area contributed by atoms with E-state index in [1.807, 2.05) is 0 Å². The number of benzene rings is 7. The molecule has 0 aliphatic rings. The molecule has 0 nitrogen and oxygen atoms in total. The van der Waals surface area contributed by atoms with Crippen molar-refractivity contribution in [2.75, 3.05) is 0 Å². The fourth-order valence-corrected chi connectivity index (χ4v) is 5.33. The van der Waals surface area contributed by atoms with E-state index in [1.54, 1.807) is 0 Å². The Morgan fingerprint density at radius 3 is 1.53 bits per heavy atom. The third-order valence-electron chi connectivity index (χ3n) is 7.02. The van der Waals surface area contributed by atoms with E-state index >= 15 is 0 Å². The zero-order valence-corrected chi connectivity index (χ0v) is 18.7. The third-order valence-corrected chi connectivity index (χ3v) is 7.02. The first kappa shape index (κ1) is 19.1. The Hall–Kier alpha value is -4.42. The average Bonchev–Trinajstić information content (AvgIpc) is 2.91. The Kier molecular flexibility index (Phi) is 4.25. The van der Waals surface area contributed by atoms with Crippen LogP contribution in [0.2, 0.25) is 0 Å². The van der Waals surface area contributed by atoms with Gasteiger partial charge in [-0.1, -0.05) is 115 Å². The third kappa shape index (κ3) is 3.00. The van der Waals surface area contributed by atoms with E-state index in [0.29, 0.717) is 0 Å². The predicted octanol–water partition coefficient (Wildman–Crippen LogP) is 9.63. The minimum Gasteiger partial charge on any atom is -0.0616 e. The quantitative estimate of drug-likeness (QED) is 0.189. The molecule has 0 saturated heterocycles. The smallest absolute Gasteiger partial charge is 0.00926 e. The van der Waals surface area contributed by atoms with Crippen LogP contribution in [0.25, 0.3) is 65.3 Å². The van der Waals surface area contributed by atoms with Crippen molar-refractivity contribution in [3.63, 3.8) is 0 Å². The zero-order chi connectivity index (χ0) is 22.5. The van der Waals surface area contributed by atoms with Crippen LogP contribution >= 0.6 is 0 Å². The predicted molar refractivity (Wildman–Crippen MR) is 147 cm³/mol. The van der Waals surface area contributed by atoms with E-state index in [-0.39, 0.29) is 0 Å². The maximum absolute atomic E-state index is 2.35. The minimum atomic E-state index is 1.25. The van der Waals surface area contributed by atoms with E-state index in [4.69, 9.17) is 0 Å². The average molecular weight is 431 g/mol. The molecule has 0 heteroatoms. The Morgan fingerprint density at radius 1 is 0.265 bits per heavy atom. The molecule has 0 aliphatic carbocycles. The van der Waals surface area contributed by atoms with Gasteiger partial charge in [0.25, 0.3) is 0 Å². The highest BCUT2D eigenvalue weighted by molar-refractivity contribution is 6.17. The molecule has 0 atom stereocenters. The molecule has 0 aromatic heterocycles. The molecular weight excluding hydrogens is 408 g/mol. The van der Waals surface area contributed by atoms with Crippen molar-refractivity contribution in [2.24, 2.45) is 0 Å². The van der Waals surface area contributed by atoms with Gasteiger partial charge in [0, 0.05) is 0 Å². The summed E-state index contributed by atoms with van der Waals surface area (Å²) in [6.45, 7) is 0. The molecule has 0 spiro atoms. The molecule has 158 valence electrons. The van der Waals surface area contributed by atoms with Crippen molar-refractivity contribution in [1.29, 1.82) is 0 Å². The summed E-state index contributed by atoms with van der Waals surface area (Å²) in [5.41, 5.74) is 5.05. The van der Waals surface area contributed by atoms with E-state index in [9.17, 15) is 0 Å². The van der Waals surface area contributed by atoms with Crippen LogP contribution in [0.3, 0.4) is 0 Å². The monoisotopic (exact) mass is 430 g/mol. The summed E-state index contributed by atoms with van der Waals surface area (Å²) in [6.07, 6.45) is 0. The largest absolute Gasteiger partial charge is 0.0616 e. The lowest BCUT2D eigenvalue weighted by atomic mass is 9.90. The van der Waals surface area contributed by atoms with E-state index in [2.05, 4.69) is 133 Å². The fourth-order valence-electron chi connectivity index (χ4n) is 5.33. The minimum absolute atomic E-state index is 1.25. The molecule has 0 fully saturated rings. The van der Waals surface area contributed by atoms with Crippen molar-refractivity contribution in [1.82, 2.24) is 0 Å². The Labute approximate surface area is 198 Å². The highest BCUT2D eigenvalue weighted by Gasteiger charge is 2.11. The Bertz CT molecular complexity index is 1830. The summed E-state index contributed by atoms with van der Waals surface area (Å²) in [7, 11) is 0. The van der Waals surface area contributed by atoms with Crippen molar-refractivity contribution in [2.45, 2.75) is 0 Å². The molecule has 34 heavy (non-hydrogen) atoms. The van der Waals surface area contributed by atoms with Crippen LogP contribution in [0.1, 0.15) is 0 Å². The first-order valence-corrected chi connectivity index (χ1v) is 11.8. The van der Waals surface area contributed by atoms with Crippen LogP contribution in [0, 0.1) is 0 Å².